The molecule has 0 radical (unpaired) electrons. The van der Waals surface area contributed by atoms with E-state index in [9.17, 15) is 13.0 Å². The zero-order valence-corrected chi connectivity index (χ0v) is 21.6. The molecule has 0 amide bonds. The number of benzene rings is 2. The molecule has 4 aromatic rings. The third-order valence-electron chi connectivity index (χ3n) is 5.50. The van der Waals surface area contributed by atoms with Crippen LogP contribution in [-0.2, 0) is 17.2 Å². The fourth-order valence-electron chi connectivity index (χ4n) is 3.78. The van der Waals surface area contributed by atoms with Crippen molar-refractivity contribution in [3.63, 3.8) is 0 Å². The van der Waals surface area contributed by atoms with Crippen molar-refractivity contribution in [2.24, 2.45) is 7.05 Å². The minimum absolute atomic E-state index is 0.0851. The Kier molecular flexibility index (Phi) is 7.49. The van der Waals surface area contributed by atoms with Crippen molar-refractivity contribution in [1.29, 1.82) is 0 Å². The summed E-state index contributed by atoms with van der Waals surface area (Å²) in [6, 6.07) is 10.8. The lowest BCUT2D eigenvalue weighted by atomic mass is 10.1. The fourth-order valence-corrected chi connectivity index (χ4v) is 4.81. The van der Waals surface area contributed by atoms with Gasteiger partial charge in [0.05, 0.1) is 11.1 Å². The van der Waals surface area contributed by atoms with Gasteiger partial charge < -0.3 is 4.55 Å². The Morgan fingerprint density at radius 3 is 2.11 bits per heavy atom. The van der Waals surface area contributed by atoms with Crippen LogP contribution in [0.1, 0.15) is 22.4 Å². The maximum absolute atomic E-state index is 10.8. The van der Waals surface area contributed by atoms with Crippen LogP contribution >= 0.6 is 11.6 Å². The largest absolute Gasteiger partial charge is 0.744 e. The molecule has 0 aliphatic heterocycles. The first-order valence-electron chi connectivity index (χ1n) is 10.6. The third-order valence-corrected chi connectivity index (χ3v) is 6.90. The Morgan fingerprint density at radius 2 is 1.63 bits per heavy atom. The van der Waals surface area contributed by atoms with E-state index in [0.29, 0.717) is 33.4 Å². The van der Waals surface area contributed by atoms with E-state index in [1.807, 2.05) is 45.2 Å². The molecule has 4 rings (SSSR count). The lowest BCUT2D eigenvalue weighted by Gasteiger charge is -2.14. The zero-order chi connectivity index (χ0) is 26.1. The van der Waals surface area contributed by atoms with E-state index in [0.717, 1.165) is 22.4 Å². The second kappa shape index (κ2) is 10.0. The number of aryl methyl sites for hydroxylation is 4. The van der Waals surface area contributed by atoms with E-state index in [1.54, 1.807) is 43.1 Å². The number of nitrogens with zero attached hydrogens (tertiary/aromatic N) is 4. The molecule has 4 N–H and O–H groups in total. The maximum Gasteiger partial charge on any atom is 0.322 e. The van der Waals surface area contributed by atoms with E-state index in [1.165, 1.54) is 4.68 Å². The quantitative estimate of drug-likeness (QED) is 0.242. The molecule has 0 bridgehead atoms. The summed E-state index contributed by atoms with van der Waals surface area (Å²) >= 11 is 5.92. The van der Waals surface area contributed by atoms with Crippen LogP contribution in [-0.4, -0.2) is 27.7 Å². The lowest BCUT2D eigenvalue weighted by Crippen LogP contribution is -2.47. The van der Waals surface area contributed by atoms with Crippen LogP contribution in [0.25, 0.3) is 22.5 Å². The zero-order valence-electron chi connectivity index (χ0n) is 20.1. The summed E-state index contributed by atoms with van der Waals surface area (Å²) in [6.07, 6.45) is 3.42. The number of anilines is 1. The summed E-state index contributed by atoms with van der Waals surface area (Å²) < 4.78 is 35.6. The first-order valence-corrected chi connectivity index (χ1v) is 12.3. The van der Waals surface area contributed by atoms with Gasteiger partial charge in [-0.1, -0.05) is 41.4 Å². The van der Waals surface area contributed by atoms with Crippen molar-refractivity contribution in [2.45, 2.75) is 32.6 Å². The number of nitrogen functional groups attached to an aromatic ring is 2. The summed E-state index contributed by atoms with van der Waals surface area (Å²) in [5, 5.41) is 4.90. The number of aromatic nitrogens is 4. The molecule has 0 fully saturated rings. The average molecular weight is 515 g/mol. The minimum Gasteiger partial charge on any atom is -0.744 e. The van der Waals surface area contributed by atoms with Crippen LogP contribution in [0.2, 0.25) is 5.02 Å². The first-order chi connectivity index (χ1) is 16.3. The van der Waals surface area contributed by atoms with E-state index in [-0.39, 0.29) is 4.90 Å². The number of halogens is 1. The van der Waals surface area contributed by atoms with E-state index >= 15 is 0 Å². The van der Waals surface area contributed by atoms with E-state index in [2.05, 4.69) is 10.1 Å². The Bertz CT molecular complexity index is 1480. The highest BCUT2D eigenvalue weighted by Crippen LogP contribution is 2.27. The van der Waals surface area contributed by atoms with Gasteiger partial charge in [0, 0.05) is 28.9 Å². The van der Waals surface area contributed by atoms with Crippen molar-refractivity contribution < 1.29 is 17.6 Å². The van der Waals surface area contributed by atoms with Gasteiger partial charge in [0.2, 0.25) is 0 Å². The molecule has 0 spiro atoms. The second-order valence-corrected chi connectivity index (χ2v) is 9.98. The number of rotatable bonds is 3. The topological polar surface area (TPSA) is 144 Å². The van der Waals surface area contributed by atoms with Crippen LogP contribution in [0, 0.1) is 27.7 Å². The van der Waals surface area contributed by atoms with Crippen molar-refractivity contribution in [1.82, 2.24) is 14.8 Å². The normalized spacial score (nSPS) is 11.2. The lowest BCUT2D eigenvalue weighted by molar-refractivity contribution is -0.623. The van der Waals surface area contributed by atoms with Crippen molar-refractivity contribution in [3.8, 4) is 22.5 Å². The molecule has 184 valence electrons. The highest BCUT2D eigenvalue weighted by molar-refractivity contribution is 7.85. The molecular weight excluding hydrogens is 488 g/mol. The molecule has 0 saturated carbocycles. The van der Waals surface area contributed by atoms with Crippen LogP contribution in [0.3, 0.4) is 0 Å². The summed E-state index contributed by atoms with van der Waals surface area (Å²) in [7, 11) is -2.46. The van der Waals surface area contributed by atoms with Gasteiger partial charge in [0.15, 0.2) is 5.69 Å². The molecule has 2 aromatic heterocycles. The van der Waals surface area contributed by atoms with Crippen LogP contribution in [0.15, 0.2) is 53.7 Å². The molecule has 2 heterocycles. The van der Waals surface area contributed by atoms with Gasteiger partial charge in [0.1, 0.15) is 22.0 Å². The van der Waals surface area contributed by atoms with Gasteiger partial charge in [0.25, 0.3) is 0 Å². The predicted octanol–water partition coefficient (Wildman–Crippen LogP) is 3.21. The molecule has 0 atom stereocenters. The van der Waals surface area contributed by atoms with Gasteiger partial charge >= 0.3 is 5.82 Å². The molecule has 0 saturated heterocycles. The van der Waals surface area contributed by atoms with E-state index in [4.69, 9.17) is 23.2 Å². The summed E-state index contributed by atoms with van der Waals surface area (Å²) in [5.74, 6) is 6.36. The SMILES string of the molecule is Cc1c(-c2nc(-c3ccc(Cl)cc3)c[n+](N)c2N)cnn1C.Cc1cc(C)c(S(=O)(=O)[O-])c(C)c1. The van der Waals surface area contributed by atoms with Crippen LogP contribution in [0.5, 0.6) is 0 Å². The molecule has 0 aliphatic rings. The Balaban J connectivity index is 0.000000225. The minimum atomic E-state index is -4.33. The first kappa shape index (κ1) is 26.1. The summed E-state index contributed by atoms with van der Waals surface area (Å²) in [6.45, 7) is 7.08. The third kappa shape index (κ3) is 5.79. The van der Waals surface area contributed by atoms with Crippen molar-refractivity contribution in [2.75, 3.05) is 11.6 Å². The predicted molar refractivity (Wildman–Crippen MR) is 135 cm³/mol. The highest BCUT2D eigenvalue weighted by Gasteiger charge is 2.20. The molecule has 11 heteroatoms. The molecular formula is C24H27ClN6O3S. The average Bonchev–Trinajstić information content (AvgIpc) is 3.07. The molecule has 2 aromatic carbocycles. The van der Waals surface area contributed by atoms with Gasteiger partial charge in [-0.05, 0) is 51.0 Å². The molecule has 9 nitrogen and oxygen atoms in total. The number of hydrogen-bond donors (Lipinski definition) is 2. The van der Waals surface area contributed by atoms with Crippen LogP contribution in [0.4, 0.5) is 5.82 Å². The summed E-state index contributed by atoms with van der Waals surface area (Å²) in [5.41, 5.74) is 12.1. The highest BCUT2D eigenvalue weighted by atomic mass is 35.5. The molecule has 0 unspecified atom stereocenters. The van der Waals surface area contributed by atoms with Crippen LogP contribution < -0.4 is 16.3 Å². The standard InChI is InChI=1S/C15H15ClN6.C9H12O3S/c1-9-12(7-19-21(9)2)14-15(17)22(18)8-13(20-14)10-3-5-11(16)6-4-10;1-6-4-7(2)9(8(3)5-6)13(10,11)12/h3-8,17H,18H2,1-2H3;4-5H,1-3H3,(H,10,11,12). The summed E-state index contributed by atoms with van der Waals surface area (Å²) in [4.78, 5) is 4.57. The maximum atomic E-state index is 10.8. The van der Waals surface area contributed by atoms with Gasteiger partial charge in [-0.15, -0.1) is 4.68 Å². The van der Waals surface area contributed by atoms with Crippen molar-refractivity contribution >= 4 is 27.5 Å². The fraction of sp³-hybridized carbons (Fsp3) is 0.208. The Morgan fingerprint density at radius 1 is 1.06 bits per heavy atom. The number of nitrogens with two attached hydrogens (primary N) is 2. The van der Waals surface area contributed by atoms with Crippen molar-refractivity contribution in [3.05, 3.63) is 76.2 Å². The molecule has 0 aliphatic carbocycles. The molecule has 35 heavy (non-hydrogen) atoms. The van der Waals surface area contributed by atoms with E-state index < -0.39 is 10.1 Å². The Hall–Kier alpha value is -3.47. The van der Waals surface area contributed by atoms with Gasteiger partial charge in [-0.3, -0.25) is 16.3 Å². The smallest absolute Gasteiger partial charge is 0.322 e. The van der Waals surface area contributed by atoms with Gasteiger partial charge in [-0.25, -0.2) is 13.4 Å². The monoisotopic (exact) mass is 514 g/mol. The van der Waals surface area contributed by atoms with Gasteiger partial charge in [-0.2, -0.15) is 5.10 Å². The number of hydrogen-bond acceptors (Lipinski definition) is 7. The second-order valence-electron chi connectivity index (χ2n) is 8.22. The Labute approximate surface area is 209 Å².